The fourth-order valence-electron chi connectivity index (χ4n) is 3.54. The van der Waals surface area contributed by atoms with Gasteiger partial charge in [-0.2, -0.15) is 0 Å². The lowest BCUT2D eigenvalue weighted by Gasteiger charge is -2.36. The van der Waals surface area contributed by atoms with Crippen LogP contribution < -0.4 is 4.74 Å². The molecule has 1 heterocycles. The van der Waals surface area contributed by atoms with Crippen molar-refractivity contribution in [3.05, 3.63) is 28.3 Å². The Morgan fingerprint density at radius 2 is 2.05 bits per heavy atom. The lowest BCUT2D eigenvalue weighted by molar-refractivity contribution is 0.0579. The first-order chi connectivity index (χ1) is 9.63. The van der Waals surface area contributed by atoms with Gasteiger partial charge in [-0.15, -0.1) is 0 Å². The average Bonchev–Trinajstić information content (AvgIpc) is 2.78. The highest BCUT2D eigenvalue weighted by Gasteiger charge is 2.37. The zero-order valence-electron chi connectivity index (χ0n) is 12.0. The van der Waals surface area contributed by atoms with Crippen LogP contribution in [0, 0.1) is 5.92 Å². The average molecular weight is 294 g/mol. The zero-order valence-corrected chi connectivity index (χ0v) is 12.7. The second kappa shape index (κ2) is 5.28. The SMILES string of the molecule is COc1ccc2c(c1Cl)CN([C@@H]1CCCC[C@H]1C)C2=O. The lowest BCUT2D eigenvalue weighted by Crippen LogP contribution is -2.41. The fraction of sp³-hybridized carbons (Fsp3) is 0.562. The van der Waals surface area contributed by atoms with E-state index in [9.17, 15) is 4.79 Å². The van der Waals surface area contributed by atoms with Crippen LogP contribution in [0.5, 0.6) is 5.75 Å². The summed E-state index contributed by atoms with van der Waals surface area (Å²) < 4.78 is 5.25. The molecule has 0 unspecified atom stereocenters. The van der Waals surface area contributed by atoms with Crippen molar-refractivity contribution >= 4 is 17.5 Å². The van der Waals surface area contributed by atoms with Gasteiger partial charge in [0.2, 0.25) is 0 Å². The summed E-state index contributed by atoms with van der Waals surface area (Å²) in [5.74, 6) is 1.35. The molecule has 1 aromatic rings. The van der Waals surface area contributed by atoms with Gasteiger partial charge in [-0.1, -0.05) is 31.4 Å². The first kappa shape index (κ1) is 13.7. The van der Waals surface area contributed by atoms with Crippen molar-refractivity contribution in [2.24, 2.45) is 5.92 Å². The Bertz CT molecular complexity index is 544. The standard InChI is InChI=1S/C16H20ClNO2/c1-10-5-3-4-6-13(10)18-9-12-11(16(18)19)7-8-14(20-2)15(12)17/h7-8,10,13H,3-6,9H2,1-2H3/t10-,13-/m1/s1. The van der Waals surface area contributed by atoms with Gasteiger partial charge in [-0.05, 0) is 30.9 Å². The molecule has 20 heavy (non-hydrogen) atoms. The van der Waals surface area contributed by atoms with Crippen molar-refractivity contribution < 1.29 is 9.53 Å². The van der Waals surface area contributed by atoms with E-state index >= 15 is 0 Å². The lowest BCUT2D eigenvalue weighted by atomic mass is 9.85. The normalized spacial score (nSPS) is 25.8. The fourth-order valence-corrected chi connectivity index (χ4v) is 3.84. The second-order valence-corrected chi connectivity index (χ2v) is 6.25. The van der Waals surface area contributed by atoms with Gasteiger partial charge >= 0.3 is 0 Å². The molecule has 3 nitrogen and oxygen atoms in total. The van der Waals surface area contributed by atoms with Crippen molar-refractivity contribution in [1.82, 2.24) is 4.90 Å². The zero-order chi connectivity index (χ0) is 14.3. The van der Waals surface area contributed by atoms with Crippen molar-refractivity contribution in [3.63, 3.8) is 0 Å². The van der Waals surface area contributed by atoms with E-state index in [-0.39, 0.29) is 5.91 Å². The maximum absolute atomic E-state index is 12.6. The summed E-state index contributed by atoms with van der Waals surface area (Å²) in [5, 5.41) is 0.587. The molecule has 3 rings (SSSR count). The Morgan fingerprint density at radius 1 is 1.30 bits per heavy atom. The number of nitrogens with zero attached hydrogens (tertiary/aromatic N) is 1. The number of carbonyl (C=O) groups is 1. The van der Waals surface area contributed by atoms with Gasteiger partial charge in [0.1, 0.15) is 5.75 Å². The van der Waals surface area contributed by atoms with Crippen molar-refractivity contribution in [2.75, 3.05) is 7.11 Å². The number of methoxy groups -OCH3 is 1. The number of rotatable bonds is 2. The van der Waals surface area contributed by atoms with E-state index in [0.717, 1.165) is 17.5 Å². The predicted octanol–water partition coefficient (Wildman–Crippen LogP) is 3.88. The van der Waals surface area contributed by atoms with Crippen LogP contribution in [0.3, 0.4) is 0 Å². The molecule has 0 spiro atoms. The van der Waals surface area contributed by atoms with E-state index in [1.54, 1.807) is 13.2 Å². The molecule has 2 aliphatic rings. The van der Waals surface area contributed by atoms with Gasteiger partial charge in [0.15, 0.2) is 0 Å². The molecule has 0 radical (unpaired) electrons. The highest BCUT2D eigenvalue weighted by molar-refractivity contribution is 6.33. The monoisotopic (exact) mass is 293 g/mol. The van der Waals surface area contributed by atoms with Crippen LogP contribution in [0.1, 0.15) is 48.5 Å². The summed E-state index contributed by atoms with van der Waals surface area (Å²) in [6.07, 6.45) is 4.81. The molecule has 1 aliphatic carbocycles. The maximum Gasteiger partial charge on any atom is 0.254 e. The summed E-state index contributed by atoms with van der Waals surface area (Å²) >= 11 is 6.36. The number of amides is 1. The van der Waals surface area contributed by atoms with Crippen molar-refractivity contribution in [1.29, 1.82) is 0 Å². The van der Waals surface area contributed by atoms with Crippen LogP contribution in [0.4, 0.5) is 0 Å². The number of halogens is 1. The highest BCUT2D eigenvalue weighted by atomic mass is 35.5. The Kier molecular flexibility index (Phi) is 3.63. The van der Waals surface area contributed by atoms with Crippen molar-refractivity contribution in [2.45, 2.75) is 45.2 Å². The molecule has 0 saturated heterocycles. The third-order valence-corrected chi connectivity index (χ3v) is 5.13. The largest absolute Gasteiger partial charge is 0.495 e. The molecular formula is C16H20ClNO2. The van der Waals surface area contributed by atoms with Crippen LogP contribution in [0.2, 0.25) is 5.02 Å². The van der Waals surface area contributed by atoms with E-state index in [0.29, 0.717) is 29.3 Å². The van der Waals surface area contributed by atoms with Gasteiger partial charge in [-0.3, -0.25) is 4.79 Å². The van der Waals surface area contributed by atoms with Gasteiger partial charge in [0.05, 0.1) is 12.1 Å². The van der Waals surface area contributed by atoms with Crippen molar-refractivity contribution in [3.8, 4) is 5.75 Å². The van der Waals surface area contributed by atoms with Crippen LogP contribution in [0.15, 0.2) is 12.1 Å². The minimum atomic E-state index is 0.128. The minimum absolute atomic E-state index is 0.128. The summed E-state index contributed by atoms with van der Waals surface area (Å²) in [7, 11) is 1.60. The quantitative estimate of drug-likeness (QED) is 0.828. The van der Waals surface area contributed by atoms with Gasteiger partial charge in [0.25, 0.3) is 5.91 Å². The topological polar surface area (TPSA) is 29.5 Å². The third kappa shape index (κ3) is 2.08. The van der Waals surface area contributed by atoms with Crippen LogP contribution in [-0.2, 0) is 6.54 Å². The van der Waals surface area contributed by atoms with E-state index < -0.39 is 0 Å². The summed E-state index contributed by atoms with van der Waals surface area (Å²) in [4.78, 5) is 14.6. The van der Waals surface area contributed by atoms with Gasteiger partial charge in [0, 0.05) is 23.7 Å². The number of fused-ring (bicyclic) bond motifs is 1. The number of hydrogen-bond acceptors (Lipinski definition) is 2. The van der Waals surface area contributed by atoms with E-state index in [1.807, 2.05) is 11.0 Å². The summed E-state index contributed by atoms with van der Waals surface area (Å²) in [6, 6.07) is 3.98. The summed E-state index contributed by atoms with van der Waals surface area (Å²) in [6.45, 7) is 2.88. The third-order valence-electron chi connectivity index (χ3n) is 4.71. The molecule has 108 valence electrons. The number of benzene rings is 1. The molecule has 1 aliphatic heterocycles. The molecule has 4 heteroatoms. The summed E-state index contributed by atoms with van der Waals surface area (Å²) in [5.41, 5.74) is 1.67. The first-order valence-corrected chi connectivity index (χ1v) is 7.67. The second-order valence-electron chi connectivity index (χ2n) is 5.87. The molecule has 1 saturated carbocycles. The van der Waals surface area contributed by atoms with Crippen LogP contribution in [-0.4, -0.2) is 24.0 Å². The minimum Gasteiger partial charge on any atom is -0.495 e. The van der Waals surface area contributed by atoms with Crippen LogP contribution >= 0.6 is 11.6 Å². The molecule has 2 atom stereocenters. The molecule has 1 fully saturated rings. The highest BCUT2D eigenvalue weighted by Crippen LogP contribution is 2.39. The van der Waals surface area contributed by atoms with E-state index in [4.69, 9.17) is 16.3 Å². The number of hydrogen-bond donors (Lipinski definition) is 0. The molecule has 0 N–H and O–H groups in total. The Morgan fingerprint density at radius 3 is 2.75 bits per heavy atom. The molecular weight excluding hydrogens is 274 g/mol. The Hall–Kier alpha value is -1.22. The smallest absolute Gasteiger partial charge is 0.254 e. The van der Waals surface area contributed by atoms with Gasteiger partial charge in [-0.25, -0.2) is 0 Å². The Labute approximate surface area is 124 Å². The Balaban J connectivity index is 1.92. The molecule has 1 aromatic carbocycles. The number of ether oxygens (including phenoxy) is 1. The van der Waals surface area contributed by atoms with E-state index in [1.165, 1.54) is 19.3 Å². The maximum atomic E-state index is 12.6. The van der Waals surface area contributed by atoms with E-state index in [2.05, 4.69) is 6.92 Å². The number of carbonyl (C=O) groups excluding carboxylic acids is 1. The molecule has 0 aromatic heterocycles. The predicted molar refractivity (Wildman–Crippen MR) is 79.3 cm³/mol. The van der Waals surface area contributed by atoms with Crippen LogP contribution in [0.25, 0.3) is 0 Å². The molecule has 0 bridgehead atoms. The first-order valence-electron chi connectivity index (χ1n) is 7.29. The molecule has 1 amide bonds. The van der Waals surface area contributed by atoms with Gasteiger partial charge < -0.3 is 9.64 Å².